The van der Waals surface area contributed by atoms with Crippen molar-refractivity contribution in [1.82, 2.24) is 5.32 Å². The summed E-state index contributed by atoms with van der Waals surface area (Å²) in [4.78, 5) is 0. The molecule has 0 radical (unpaired) electrons. The molecule has 2 atom stereocenters. The van der Waals surface area contributed by atoms with Crippen LogP contribution in [0.15, 0.2) is 0 Å². The molecule has 70 valence electrons. The lowest BCUT2D eigenvalue weighted by molar-refractivity contribution is 0.159. The summed E-state index contributed by atoms with van der Waals surface area (Å²) in [6.45, 7) is 4.84. The number of rotatable bonds is 6. The van der Waals surface area contributed by atoms with Crippen LogP contribution in [-0.4, -0.2) is 25.8 Å². The van der Waals surface area contributed by atoms with Gasteiger partial charge in [0.1, 0.15) is 0 Å². The number of nitrogens with one attached hydrogen (secondary N) is 1. The van der Waals surface area contributed by atoms with Gasteiger partial charge >= 0.3 is 0 Å². The molecule has 0 aromatic carbocycles. The lowest BCUT2D eigenvalue weighted by Crippen LogP contribution is -2.38. The lowest BCUT2D eigenvalue weighted by atomic mass is 10.2. The average Bonchev–Trinajstić information content (AvgIpc) is 2.04. The topological polar surface area (TPSA) is 45.0 Å². The van der Waals surface area contributed by atoms with Crippen molar-refractivity contribution in [3.8, 4) is 6.07 Å². The molecule has 0 aliphatic carbocycles. The van der Waals surface area contributed by atoms with E-state index < -0.39 is 0 Å². The van der Waals surface area contributed by atoms with Gasteiger partial charge in [-0.15, -0.1) is 0 Å². The van der Waals surface area contributed by atoms with E-state index in [4.69, 9.17) is 10.00 Å². The fraction of sp³-hybridized carbons (Fsp3) is 0.889. The second kappa shape index (κ2) is 7.08. The highest BCUT2D eigenvalue weighted by Gasteiger charge is 2.08. The Balaban J connectivity index is 3.62. The molecule has 0 fully saturated rings. The molecule has 0 rings (SSSR count). The Labute approximate surface area is 74.7 Å². The molecule has 0 aromatic heterocycles. The highest BCUT2D eigenvalue weighted by molar-refractivity contribution is 4.79. The second-order valence-corrected chi connectivity index (χ2v) is 2.99. The molecule has 3 nitrogen and oxygen atoms in total. The maximum atomic E-state index is 8.43. The molecule has 0 spiro atoms. The van der Waals surface area contributed by atoms with E-state index in [-0.39, 0.29) is 6.04 Å². The highest BCUT2D eigenvalue weighted by Crippen LogP contribution is 1.96. The Hall–Kier alpha value is -0.590. The Morgan fingerprint density at radius 1 is 1.58 bits per heavy atom. The molecule has 0 aromatic rings. The maximum absolute atomic E-state index is 8.43. The lowest BCUT2D eigenvalue weighted by Gasteiger charge is -2.19. The predicted octanol–water partition coefficient (Wildman–Crippen LogP) is 1.30. The number of nitriles is 1. The van der Waals surface area contributed by atoms with Gasteiger partial charge in [-0.1, -0.05) is 6.92 Å². The Kier molecular flexibility index (Phi) is 6.73. The van der Waals surface area contributed by atoms with Crippen molar-refractivity contribution < 1.29 is 4.74 Å². The normalized spacial score (nSPS) is 15.2. The van der Waals surface area contributed by atoms with Gasteiger partial charge in [0.25, 0.3) is 0 Å². The number of ether oxygens (including phenoxy) is 1. The molecule has 0 bridgehead atoms. The first kappa shape index (κ1) is 11.4. The van der Waals surface area contributed by atoms with Gasteiger partial charge < -0.3 is 10.1 Å². The summed E-state index contributed by atoms with van der Waals surface area (Å²) in [5.74, 6) is 0. The minimum Gasteiger partial charge on any atom is -0.383 e. The van der Waals surface area contributed by atoms with E-state index in [1.807, 2.05) is 6.92 Å². The summed E-state index contributed by atoms with van der Waals surface area (Å²) in [5.41, 5.74) is 0. The molecular weight excluding hydrogens is 152 g/mol. The van der Waals surface area contributed by atoms with Crippen molar-refractivity contribution in [2.75, 3.05) is 13.7 Å². The van der Waals surface area contributed by atoms with Crippen LogP contribution < -0.4 is 5.32 Å². The molecule has 0 saturated carbocycles. The molecule has 0 amide bonds. The number of nitrogens with zero attached hydrogens (tertiary/aromatic N) is 1. The van der Waals surface area contributed by atoms with E-state index in [9.17, 15) is 0 Å². The molecule has 0 aliphatic heterocycles. The standard InChI is InChI=1S/C9H18N2O/c1-4-9(7-12-3)11-8(2)5-6-10/h8-9,11H,4-5,7H2,1-3H3. The smallest absolute Gasteiger partial charge is 0.0638 e. The quantitative estimate of drug-likeness (QED) is 0.653. The minimum absolute atomic E-state index is 0.259. The van der Waals surface area contributed by atoms with Crippen LogP contribution in [0.5, 0.6) is 0 Å². The zero-order chi connectivity index (χ0) is 9.40. The van der Waals surface area contributed by atoms with E-state index in [1.54, 1.807) is 7.11 Å². The van der Waals surface area contributed by atoms with Gasteiger partial charge in [0.15, 0.2) is 0 Å². The molecule has 1 N–H and O–H groups in total. The molecule has 2 unspecified atom stereocenters. The summed E-state index contributed by atoms with van der Waals surface area (Å²) in [6, 6.07) is 2.77. The maximum Gasteiger partial charge on any atom is 0.0638 e. The second-order valence-electron chi connectivity index (χ2n) is 2.99. The third-order valence-corrected chi connectivity index (χ3v) is 1.78. The van der Waals surface area contributed by atoms with Crippen molar-refractivity contribution >= 4 is 0 Å². The summed E-state index contributed by atoms with van der Waals surface area (Å²) in [6.07, 6.45) is 1.59. The molecule has 0 aliphatic rings. The van der Waals surface area contributed by atoms with E-state index in [0.29, 0.717) is 19.1 Å². The van der Waals surface area contributed by atoms with Crippen LogP contribution in [0.4, 0.5) is 0 Å². The fourth-order valence-electron chi connectivity index (χ4n) is 1.08. The van der Waals surface area contributed by atoms with Gasteiger partial charge in [-0.25, -0.2) is 0 Å². The zero-order valence-electron chi connectivity index (χ0n) is 8.13. The summed E-state index contributed by atoms with van der Waals surface area (Å²) < 4.78 is 5.03. The van der Waals surface area contributed by atoms with Crippen molar-refractivity contribution in [3.63, 3.8) is 0 Å². The van der Waals surface area contributed by atoms with Gasteiger partial charge in [0, 0.05) is 19.2 Å². The van der Waals surface area contributed by atoms with Gasteiger partial charge in [0.05, 0.1) is 19.1 Å². The van der Waals surface area contributed by atoms with E-state index in [2.05, 4.69) is 18.3 Å². The van der Waals surface area contributed by atoms with Crippen LogP contribution in [0.25, 0.3) is 0 Å². The predicted molar refractivity (Wildman–Crippen MR) is 48.8 cm³/mol. The third-order valence-electron chi connectivity index (χ3n) is 1.78. The molecular formula is C9H18N2O. The molecule has 12 heavy (non-hydrogen) atoms. The first-order valence-electron chi connectivity index (χ1n) is 4.36. The van der Waals surface area contributed by atoms with Crippen molar-refractivity contribution in [2.24, 2.45) is 0 Å². The van der Waals surface area contributed by atoms with Crippen molar-refractivity contribution in [1.29, 1.82) is 5.26 Å². The number of hydrogen-bond acceptors (Lipinski definition) is 3. The van der Waals surface area contributed by atoms with Crippen LogP contribution in [-0.2, 0) is 4.74 Å². The average molecular weight is 170 g/mol. The Morgan fingerprint density at radius 2 is 2.25 bits per heavy atom. The van der Waals surface area contributed by atoms with E-state index >= 15 is 0 Å². The first-order valence-corrected chi connectivity index (χ1v) is 4.36. The summed E-state index contributed by atoms with van der Waals surface area (Å²) in [5, 5.41) is 11.8. The highest BCUT2D eigenvalue weighted by atomic mass is 16.5. The van der Waals surface area contributed by atoms with Crippen molar-refractivity contribution in [3.05, 3.63) is 0 Å². The van der Waals surface area contributed by atoms with Crippen LogP contribution in [0.2, 0.25) is 0 Å². The molecule has 0 saturated heterocycles. The van der Waals surface area contributed by atoms with Crippen LogP contribution >= 0.6 is 0 Å². The van der Waals surface area contributed by atoms with E-state index in [1.165, 1.54) is 0 Å². The van der Waals surface area contributed by atoms with Gasteiger partial charge in [-0.3, -0.25) is 0 Å². The van der Waals surface area contributed by atoms with Gasteiger partial charge in [-0.2, -0.15) is 5.26 Å². The third kappa shape index (κ3) is 5.11. The fourth-order valence-corrected chi connectivity index (χ4v) is 1.08. The minimum atomic E-state index is 0.259. The summed E-state index contributed by atoms with van der Waals surface area (Å²) in [7, 11) is 1.69. The van der Waals surface area contributed by atoms with Gasteiger partial charge in [0.2, 0.25) is 0 Å². The van der Waals surface area contributed by atoms with Gasteiger partial charge in [-0.05, 0) is 13.3 Å². The number of hydrogen-bond donors (Lipinski definition) is 1. The zero-order valence-corrected chi connectivity index (χ0v) is 8.13. The Bertz CT molecular complexity index is 142. The van der Waals surface area contributed by atoms with Crippen LogP contribution in [0, 0.1) is 11.3 Å². The number of methoxy groups -OCH3 is 1. The molecule has 0 heterocycles. The largest absolute Gasteiger partial charge is 0.383 e. The monoisotopic (exact) mass is 170 g/mol. The summed E-state index contributed by atoms with van der Waals surface area (Å²) >= 11 is 0. The van der Waals surface area contributed by atoms with Crippen LogP contribution in [0.1, 0.15) is 26.7 Å². The van der Waals surface area contributed by atoms with E-state index in [0.717, 1.165) is 6.42 Å². The molecule has 3 heteroatoms. The first-order chi connectivity index (χ1) is 5.74. The SMILES string of the molecule is CCC(COC)NC(C)CC#N. The Morgan fingerprint density at radius 3 is 2.67 bits per heavy atom. The van der Waals surface area contributed by atoms with Crippen molar-refractivity contribution in [2.45, 2.75) is 38.8 Å². The van der Waals surface area contributed by atoms with Crippen LogP contribution in [0.3, 0.4) is 0 Å².